The van der Waals surface area contributed by atoms with Crippen LogP contribution in [0.3, 0.4) is 0 Å². The van der Waals surface area contributed by atoms with Gasteiger partial charge in [-0.05, 0) is 25.1 Å². The van der Waals surface area contributed by atoms with E-state index in [1.165, 1.54) is 7.11 Å². The molecule has 0 spiro atoms. The average molecular weight is 195 g/mol. The number of benzene rings is 1. The first kappa shape index (κ1) is 9.46. The molecule has 3 heteroatoms. The van der Waals surface area contributed by atoms with E-state index in [4.69, 9.17) is 4.74 Å². The third kappa shape index (κ3) is 1.48. The molecule has 1 aliphatic heterocycles. The van der Waals surface area contributed by atoms with E-state index in [1.54, 1.807) is 6.07 Å². The second-order valence-corrected chi connectivity index (χ2v) is 3.71. The third-order valence-corrected chi connectivity index (χ3v) is 2.72. The molecule has 1 aromatic rings. The fourth-order valence-corrected chi connectivity index (χ4v) is 1.86. The molecule has 0 N–H and O–H groups in total. The average Bonchev–Trinajstić information content (AvgIpc) is 2.20. The van der Waals surface area contributed by atoms with Crippen LogP contribution in [0.25, 0.3) is 0 Å². The summed E-state index contributed by atoms with van der Waals surface area (Å²) in [5.74, 6) is 0.149. The highest BCUT2D eigenvalue weighted by Gasteiger charge is 2.19. The van der Waals surface area contributed by atoms with E-state index in [0.29, 0.717) is 12.3 Å². The van der Waals surface area contributed by atoms with E-state index in [1.807, 2.05) is 13.1 Å². The summed E-state index contributed by atoms with van der Waals surface area (Å²) in [7, 11) is 3.50. The highest BCUT2D eigenvalue weighted by atomic mass is 19.1. The number of likely N-dealkylation sites (N-methyl/N-ethyl adjacent to an activating group) is 1. The Kier molecular flexibility index (Phi) is 2.42. The zero-order valence-corrected chi connectivity index (χ0v) is 8.51. The molecule has 14 heavy (non-hydrogen) atoms. The summed E-state index contributed by atoms with van der Waals surface area (Å²) in [6.45, 7) is 1.68. The number of methoxy groups -OCH3 is 1. The van der Waals surface area contributed by atoms with Crippen LogP contribution in [0.2, 0.25) is 0 Å². The largest absolute Gasteiger partial charge is 0.494 e. The SMILES string of the molecule is COc1ccc2c(c1F)CN(C)CC2. The van der Waals surface area contributed by atoms with E-state index in [0.717, 1.165) is 24.1 Å². The van der Waals surface area contributed by atoms with Crippen molar-refractivity contribution in [2.75, 3.05) is 20.7 Å². The van der Waals surface area contributed by atoms with Crippen molar-refractivity contribution in [3.8, 4) is 5.75 Å². The summed E-state index contributed by atoms with van der Waals surface area (Å²) in [4.78, 5) is 2.12. The first-order valence-electron chi connectivity index (χ1n) is 4.75. The lowest BCUT2D eigenvalue weighted by atomic mass is 9.99. The summed E-state index contributed by atoms with van der Waals surface area (Å²) in [6, 6.07) is 3.67. The molecule has 0 aromatic heterocycles. The Labute approximate surface area is 83.3 Å². The van der Waals surface area contributed by atoms with E-state index in [9.17, 15) is 4.39 Å². The van der Waals surface area contributed by atoms with Crippen LogP contribution >= 0.6 is 0 Å². The number of hydrogen-bond donors (Lipinski definition) is 0. The van der Waals surface area contributed by atoms with Crippen LogP contribution in [0.5, 0.6) is 5.75 Å². The number of nitrogens with zero attached hydrogens (tertiary/aromatic N) is 1. The van der Waals surface area contributed by atoms with Crippen molar-refractivity contribution in [3.05, 3.63) is 29.1 Å². The van der Waals surface area contributed by atoms with Gasteiger partial charge in [-0.25, -0.2) is 4.39 Å². The Balaban J connectivity index is 2.45. The quantitative estimate of drug-likeness (QED) is 0.677. The Morgan fingerprint density at radius 2 is 2.21 bits per heavy atom. The molecule has 0 radical (unpaired) electrons. The van der Waals surface area contributed by atoms with Crippen molar-refractivity contribution < 1.29 is 9.13 Å². The summed E-state index contributed by atoms with van der Waals surface area (Å²) >= 11 is 0. The van der Waals surface area contributed by atoms with Crippen molar-refractivity contribution in [1.82, 2.24) is 4.90 Å². The fourth-order valence-electron chi connectivity index (χ4n) is 1.86. The minimum absolute atomic E-state index is 0.198. The monoisotopic (exact) mass is 195 g/mol. The van der Waals surface area contributed by atoms with Gasteiger partial charge in [-0.1, -0.05) is 6.07 Å². The molecule has 0 fully saturated rings. The molecule has 0 bridgehead atoms. The standard InChI is InChI=1S/C11H14FNO/c1-13-6-5-8-3-4-10(14-2)11(12)9(8)7-13/h3-4H,5-7H2,1-2H3. The van der Waals surface area contributed by atoms with Gasteiger partial charge < -0.3 is 9.64 Å². The Morgan fingerprint density at radius 1 is 1.43 bits per heavy atom. The van der Waals surface area contributed by atoms with Crippen molar-refractivity contribution in [1.29, 1.82) is 0 Å². The Bertz CT molecular complexity index is 351. The van der Waals surface area contributed by atoms with E-state index >= 15 is 0 Å². The molecule has 0 amide bonds. The number of hydrogen-bond acceptors (Lipinski definition) is 2. The van der Waals surface area contributed by atoms with Gasteiger partial charge in [0.2, 0.25) is 0 Å². The van der Waals surface area contributed by atoms with Gasteiger partial charge >= 0.3 is 0 Å². The van der Waals surface area contributed by atoms with Crippen molar-refractivity contribution >= 4 is 0 Å². The lowest BCUT2D eigenvalue weighted by Crippen LogP contribution is -2.27. The number of rotatable bonds is 1. The molecule has 2 rings (SSSR count). The van der Waals surface area contributed by atoms with Crippen LogP contribution in [0, 0.1) is 5.82 Å². The first-order valence-corrected chi connectivity index (χ1v) is 4.75. The number of fused-ring (bicyclic) bond motifs is 1. The van der Waals surface area contributed by atoms with Crippen LogP contribution < -0.4 is 4.74 Å². The molecular formula is C11H14FNO. The van der Waals surface area contributed by atoms with Gasteiger partial charge in [0.15, 0.2) is 11.6 Å². The minimum atomic E-state index is -0.198. The third-order valence-electron chi connectivity index (χ3n) is 2.72. The Morgan fingerprint density at radius 3 is 2.93 bits per heavy atom. The van der Waals surface area contributed by atoms with Gasteiger partial charge in [-0.15, -0.1) is 0 Å². The van der Waals surface area contributed by atoms with Gasteiger partial charge in [-0.2, -0.15) is 0 Å². The molecule has 1 aliphatic rings. The van der Waals surface area contributed by atoms with Crippen molar-refractivity contribution in [3.63, 3.8) is 0 Å². The van der Waals surface area contributed by atoms with Crippen molar-refractivity contribution in [2.24, 2.45) is 0 Å². The molecule has 2 nitrogen and oxygen atoms in total. The molecule has 0 atom stereocenters. The maximum Gasteiger partial charge on any atom is 0.169 e. The highest BCUT2D eigenvalue weighted by molar-refractivity contribution is 5.38. The molecule has 0 saturated carbocycles. The lowest BCUT2D eigenvalue weighted by molar-refractivity contribution is 0.300. The molecule has 1 heterocycles. The number of halogens is 1. The molecule has 0 unspecified atom stereocenters. The second kappa shape index (κ2) is 3.58. The van der Waals surface area contributed by atoms with Gasteiger partial charge in [0, 0.05) is 18.7 Å². The summed E-state index contributed by atoms with van der Waals surface area (Å²) in [5, 5.41) is 0. The van der Waals surface area contributed by atoms with Gasteiger partial charge in [0.25, 0.3) is 0 Å². The predicted molar refractivity (Wildman–Crippen MR) is 53.0 cm³/mol. The smallest absolute Gasteiger partial charge is 0.169 e. The van der Waals surface area contributed by atoms with Gasteiger partial charge in [-0.3, -0.25) is 0 Å². The maximum atomic E-state index is 13.8. The summed E-state index contributed by atoms with van der Waals surface area (Å²) < 4.78 is 18.7. The lowest BCUT2D eigenvalue weighted by Gasteiger charge is -2.25. The second-order valence-electron chi connectivity index (χ2n) is 3.71. The Hall–Kier alpha value is -1.09. The first-order chi connectivity index (χ1) is 6.72. The molecular weight excluding hydrogens is 181 g/mol. The summed E-state index contributed by atoms with van der Waals surface area (Å²) in [6.07, 6.45) is 0.923. The van der Waals surface area contributed by atoms with Crippen molar-refractivity contribution in [2.45, 2.75) is 13.0 Å². The fraction of sp³-hybridized carbons (Fsp3) is 0.455. The van der Waals surface area contributed by atoms with E-state index < -0.39 is 0 Å². The molecule has 76 valence electrons. The minimum Gasteiger partial charge on any atom is -0.494 e. The van der Waals surface area contributed by atoms with Gasteiger partial charge in [0.1, 0.15) is 0 Å². The number of ether oxygens (including phenoxy) is 1. The van der Waals surface area contributed by atoms with Crippen LogP contribution in [-0.2, 0) is 13.0 Å². The normalized spacial score (nSPS) is 16.5. The van der Waals surface area contributed by atoms with E-state index in [2.05, 4.69) is 4.90 Å². The zero-order chi connectivity index (χ0) is 10.1. The summed E-state index contributed by atoms with van der Waals surface area (Å²) in [5.41, 5.74) is 1.90. The van der Waals surface area contributed by atoms with Crippen LogP contribution in [-0.4, -0.2) is 25.6 Å². The van der Waals surface area contributed by atoms with Crippen LogP contribution in [0.15, 0.2) is 12.1 Å². The topological polar surface area (TPSA) is 12.5 Å². The van der Waals surface area contributed by atoms with E-state index in [-0.39, 0.29) is 5.82 Å². The highest BCUT2D eigenvalue weighted by Crippen LogP contribution is 2.27. The molecule has 0 aliphatic carbocycles. The van der Waals surface area contributed by atoms with Crippen LogP contribution in [0.4, 0.5) is 4.39 Å². The predicted octanol–water partition coefficient (Wildman–Crippen LogP) is 1.82. The van der Waals surface area contributed by atoms with Gasteiger partial charge in [0.05, 0.1) is 7.11 Å². The zero-order valence-electron chi connectivity index (χ0n) is 8.51. The maximum absolute atomic E-state index is 13.8. The molecule has 0 saturated heterocycles. The molecule has 1 aromatic carbocycles. The van der Waals surface area contributed by atoms with Crippen LogP contribution in [0.1, 0.15) is 11.1 Å².